The molecule has 0 saturated heterocycles. The Balaban J connectivity index is 1.06. The second-order valence-corrected chi connectivity index (χ2v) is 15.5. The molecule has 10 rings (SSSR count). The maximum absolute atomic E-state index is 2.46. The van der Waals surface area contributed by atoms with Gasteiger partial charge in [0.2, 0.25) is 0 Å². The van der Waals surface area contributed by atoms with Gasteiger partial charge in [0.05, 0.1) is 11.0 Å². The van der Waals surface area contributed by atoms with Crippen LogP contribution in [0.25, 0.3) is 60.9 Å². The van der Waals surface area contributed by atoms with E-state index in [9.17, 15) is 0 Å². The van der Waals surface area contributed by atoms with Crippen LogP contribution in [-0.2, 0) is 5.41 Å². The number of benzene rings is 7. The first-order valence-electron chi connectivity index (χ1n) is 16.5. The summed E-state index contributed by atoms with van der Waals surface area (Å²) in [7, 11) is 0. The predicted octanol–water partition coefficient (Wildman–Crippen LogP) is 13.0. The summed E-state index contributed by atoms with van der Waals surface area (Å²) in [4.78, 5) is 5.43. The summed E-state index contributed by atoms with van der Waals surface area (Å²) in [6.45, 7) is 4.76. The van der Waals surface area contributed by atoms with E-state index in [1.54, 1.807) is 0 Å². The summed E-state index contributed by atoms with van der Waals surface area (Å²) in [5.41, 5.74) is 14.1. The third kappa shape index (κ3) is 4.21. The number of hydrogen-bond acceptors (Lipinski definition) is 2. The van der Waals surface area contributed by atoms with Crippen LogP contribution in [0.3, 0.4) is 0 Å². The summed E-state index contributed by atoms with van der Waals surface area (Å²) in [5.74, 6) is 0. The van der Waals surface area contributed by atoms with Crippen LogP contribution in [0.5, 0.6) is 0 Å². The Labute approximate surface area is 289 Å². The monoisotopic (exact) mass is 649 g/mol. The van der Waals surface area contributed by atoms with Gasteiger partial charge in [-0.3, -0.25) is 0 Å². The van der Waals surface area contributed by atoms with Crippen LogP contribution >= 0.6 is 23.5 Å². The molecule has 1 aliphatic carbocycles. The maximum atomic E-state index is 2.46. The molecule has 0 amide bonds. The zero-order valence-corrected chi connectivity index (χ0v) is 28.3. The van der Waals surface area contributed by atoms with Crippen molar-refractivity contribution in [3.05, 3.63) is 163 Å². The molecule has 1 nitrogen and oxygen atoms in total. The Hall–Kier alpha value is -4.96. The molecule has 0 bridgehead atoms. The lowest BCUT2D eigenvalue weighted by Crippen LogP contribution is -2.15. The molecule has 0 N–H and O–H groups in total. The first kappa shape index (κ1) is 28.1. The average molecular weight is 650 g/mol. The molecule has 1 aliphatic heterocycles. The van der Waals surface area contributed by atoms with Gasteiger partial charge in [-0.05, 0) is 111 Å². The van der Waals surface area contributed by atoms with Gasteiger partial charge in [0.25, 0.3) is 0 Å². The fourth-order valence-corrected chi connectivity index (χ4v) is 10.1. The Bertz CT molecular complexity index is 2590. The zero-order valence-electron chi connectivity index (χ0n) is 26.7. The van der Waals surface area contributed by atoms with Gasteiger partial charge in [0.1, 0.15) is 0 Å². The highest BCUT2D eigenvalue weighted by atomic mass is 32.2. The van der Waals surface area contributed by atoms with Gasteiger partial charge >= 0.3 is 0 Å². The molecular formula is C45H31NS2. The van der Waals surface area contributed by atoms with Crippen molar-refractivity contribution in [1.29, 1.82) is 0 Å². The van der Waals surface area contributed by atoms with Crippen molar-refractivity contribution < 1.29 is 0 Å². The summed E-state index contributed by atoms with van der Waals surface area (Å²) < 4.78 is 2.38. The Morgan fingerprint density at radius 3 is 1.81 bits per heavy atom. The number of aromatic nitrogens is 1. The van der Waals surface area contributed by atoms with Gasteiger partial charge in [-0.25, -0.2) is 0 Å². The van der Waals surface area contributed by atoms with Crippen LogP contribution < -0.4 is 0 Å². The smallest absolute Gasteiger partial charge is 0.0541 e. The molecule has 0 unspecified atom stereocenters. The molecule has 7 aromatic carbocycles. The Kier molecular flexibility index (Phi) is 6.16. The van der Waals surface area contributed by atoms with Gasteiger partial charge in [-0.1, -0.05) is 122 Å². The van der Waals surface area contributed by atoms with Crippen molar-refractivity contribution in [2.75, 3.05) is 0 Å². The molecule has 1 aromatic heterocycles. The van der Waals surface area contributed by atoms with Crippen molar-refractivity contribution in [2.24, 2.45) is 0 Å². The molecule has 0 spiro atoms. The number of fused-ring (bicyclic) bond motifs is 8. The zero-order chi connectivity index (χ0) is 32.0. The van der Waals surface area contributed by atoms with Crippen molar-refractivity contribution in [3.8, 4) is 39.1 Å². The van der Waals surface area contributed by atoms with Crippen LogP contribution in [0.4, 0.5) is 0 Å². The first-order chi connectivity index (χ1) is 23.5. The van der Waals surface area contributed by atoms with E-state index in [0.29, 0.717) is 0 Å². The summed E-state index contributed by atoms with van der Waals surface area (Å²) in [6, 6.07) is 56.2. The minimum absolute atomic E-state index is 0.0450. The average Bonchev–Trinajstić information content (AvgIpc) is 3.57. The lowest BCUT2D eigenvalue weighted by atomic mass is 9.82. The topological polar surface area (TPSA) is 4.93 Å². The molecule has 0 atom stereocenters. The van der Waals surface area contributed by atoms with Crippen molar-refractivity contribution in [2.45, 2.75) is 38.8 Å². The second kappa shape index (κ2) is 10.5. The van der Waals surface area contributed by atoms with E-state index in [1.165, 1.54) is 91.6 Å². The van der Waals surface area contributed by atoms with E-state index >= 15 is 0 Å². The van der Waals surface area contributed by atoms with Gasteiger partial charge in [0.15, 0.2) is 0 Å². The van der Waals surface area contributed by atoms with E-state index in [2.05, 4.69) is 170 Å². The largest absolute Gasteiger partial charge is 0.309 e. The molecule has 3 heteroatoms. The molecule has 0 fully saturated rings. The number of rotatable bonds is 3. The maximum Gasteiger partial charge on any atom is 0.0541 e. The standard InChI is InChI=1S/C45H31NS2/c1-45(2)37-21-19-30(24-34(37)35-26-43-44(27-38(35)45)48-42-18-9-8-17-41(42)47-43)28-11-10-12-29(23-28)31-20-22-40-36(25-31)33-15-6-7-16-39(33)46(40)32-13-4-3-5-14-32/h3-27H,1-2H3. The summed E-state index contributed by atoms with van der Waals surface area (Å²) in [6.07, 6.45) is 0. The van der Waals surface area contributed by atoms with Gasteiger partial charge in [0, 0.05) is 41.5 Å². The minimum atomic E-state index is -0.0450. The third-order valence-corrected chi connectivity index (χ3v) is 12.8. The minimum Gasteiger partial charge on any atom is -0.309 e. The van der Waals surface area contributed by atoms with E-state index < -0.39 is 0 Å². The highest BCUT2D eigenvalue weighted by Crippen LogP contribution is 2.56. The number of para-hydroxylation sites is 2. The summed E-state index contributed by atoms with van der Waals surface area (Å²) in [5, 5.41) is 2.55. The first-order valence-corrected chi connectivity index (χ1v) is 18.1. The van der Waals surface area contributed by atoms with Crippen LogP contribution in [0.15, 0.2) is 171 Å². The van der Waals surface area contributed by atoms with Gasteiger partial charge < -0.3 is 4.57 Å². The van der Waals surface area contributed by atoms with E-state index in [4.69, 9.17) is 0 Å². The molecule has 48 heavy (non-hydrogen) atoms. The molecule has 0 saturated carbocycles. The lowest BCUT2D eigenvalue weighted by molar-refractivity contribution is 0.657. The van der Waals surface area contributed by atoms with Crippen molar-refractivity contribution in [1.82, 2.24) is 4.57 Å². The van der Waals surface area contributed by atoms with E-state index in [0.717, 1.165) is 0 Å². The number of hydrogen-bond donors (Lipinski definition) is 0. The molecule has 2 aliphatic rings. The predicted molar refractivity (Wildman–Crippen MR) is 204 cm³/mol. The van der Waals surface area contributed by atoms with Crippen LogP contribution in [0, 0.1) is 0 Å². The molecular weight excluding hydrogens is 619 g/mol. The number of nitrogens with zero attached hydrogens (tertiary/aromatic N) is 1. The highest BCUT2D eigenvalue weighted by molar-refractivity contribution is 8.05. The van der Waals surface area contributed by atoms with Crippen molar-refractivity contribution >= 4 is 45.3 Å². The SMILES string of the molecule is CC1(C)c2ccc(-c3cccc(-c4ccc5c(c4)c4ccccc4n5-c4ccccc4)c3)cc2-c2cc3c(cc21)Sc1ccccc1S3. The Morgan fingerprint density at radius 2 is 1.02 bits per heavy atom. The third-order valence-electron chi connectivity index (χ3n) is 10.2. The summed E-state index contributed by atoms with van der Waals surface area (Å²) >= 11 is 3.81. The van der Waals surface area contributed by atoms with Crippen LogP contribution in [-0.4, -0.2) is 4.57 Å². The Morgan fingerprint density at radius 1 is 0.417 bits per heavy atom. The van der Waals surface area contributed by atoms with Gasteiger partial charge in [-0.2, -0.15) is 0 Å². The second-order valence-electron chi connectivity index (χ2n) is 13.4. The van der Waals surface area contributed by atoms with Gasteiger partial charge in [-0.15, -0.1) is 0 Å². The lowest BCUT2D eigenvalue weighted by Gasteiger charge is -2.24. The molecule has 0 radical (unpaired) electrons. The van der Waals surface area contributed by atoms with E-state index in [-0.39, 0.29) is 5.41 Å². The molecule has 2 heterocycles. The highest BCUT2D eigenvalue weighted by Gasteiger charge is 2.37. The van der Waals surface area contributed by atoms with Crippen LogP contribution in [0.2, 0.25) is 0 Å². The quantitative estimate of drug-likeness (QED) is 0.188. The van der Waals surface area contributed by atoms with Crippen molar-refractivity contribution in [3.63, 3.8) is 0 Å². The molecule has 228 valence electrons. The fourth-order valence-electron chi connectivity index (χ4n) is 7.84. The van der Waals surface area contributed by atoms with E-state index in [1.807, 2.05) is 23.5 Å². The normalized spacial score (nSPS) is 14.0. The fraction of sp³-hybridized carbons (Fsp3) is 0.0667. The van der Waals surface area contributed by atoms with Crippen LogP contribution in [0.1, 0.15) is 25.0 Å². The molecule has 8 aromatic rings.